The van der Waals surface area contributed by atoms with E-state index in [4.69, 9.17) is 0 Å². The predicted octanol–water partition coefficient (Wildman–Crippen LogP) is 2.42. The van der Waals surface area contributed by atoms with Gasteiger partial charge in [0, 0.05) is 19.5 Å². The zero-order chi connectivity index (χ0) is 13.2. The molecule has 4 heteroatoms. The maximum atomic E-state index is 12.2. The second kappa shape index (κ2) is 5.29. The molecule has 0 saturated heterocycles. The molecule has 0 aromatic carbocycles. The highest BCUT2D eigenvalue weighted by Gasteiger charge is 2.46. The lowest BCUT2D eigenvalue weighted by Crippen LogP contribution is -2.45. The Kier molecular flexibility index (Phi) is 3.93. The summed E-state index contributed by atoms with van der Waals surface area (Å²) in [6.45, 7) is 0. The number of carboxylic acid groups (broad SMARTS) is 1. The third kappa shape index (κ3) is 2.52. The largest absolute Gasteiger partial charge is 0.481 e. The Bertz CT molecular complexity index is 330. The Morgan fingerprint density at radius 3 is 2.22 bits per heavy atom. The number of aliphatic carboxylic acids is 1. The van der Waals surface area contributed by atoms with Crippen LogP contribution in [0.4, 0.5) is 0 Å². The Labute approximate surface area is 108 Å². The van der Waals surface area contributed by atoms with Crippen molar-refractivity contribution in [2.24, 2.45) is 5.41 Å². The fraction of sp³-hybridized carbons (Fsp3) is 0.857. The summed E-state index contributed by atoms with van der Waals surface area (Å²) in [5.74, 6) is -0.775. The summed E-state index contributed by atoms with van der Waals surface area (Å²) in [5, 5.41) is 9.25. The van der Waals surface area contributed by atoms with Crippen molar-refractivity contribution in [3.63, 3.8) is 0 Å². The molecule has 1 N–H and O–H groups in total. The fourth-order valence-corrected chi connectivity index (χ4v) is 3.16. The van der Waals surface area contributed by atoms with E-state index >= 15 is 0 Å². The van der Waals surface area contributed by atoms with Crippen molar-refractivity contribution in [1.29, 1.82) is 0 Å². The number of carboxylic acids is 1. The van der Waals surface area contributed by atoms with Crippen LogP contribution in [0.2, 0.25) is 0 Å². The van der Waals surface area contributed by atoms with Gasteiger partial charge in [-0.1, -0.05) is 25.7 Å². The Morgan fingerprint density at radius 2 is 1.78 bits per heavy atom. The summed E-state index contributed by atoms with van der Waals surface area (Å²) in [6.07, 6.45) is 8.22. The molecular weight excluding hydrogens is 230 g/mol. The van der Waals surface area contributed by atoms with E-state index in [0.717, 1.165) is 19.3 Å². The Balaban J connectivity index is 1.92. The molecule has 2 aliphatic rings. The minimum atomic E-state index is -0.792. The van der Waals surface area contributed by atoms with Gasteiger partial charge in [-0.05, 0) is 25.7 Å². The zero-order valence-corrected chi connectivity index (χ0v) is 11.2. The molecule has 18 heavy (non-hydrogen) atoms. The van der Waals surface area contributed by atoms with E-state index in [1.165, 1.54) is 19.3 Å². The molecule has 0 heterocycles. The molecule has 0 spiro atoms. The van der Waals surface area contributed by atoms with Crippen molar-refractivity contribution < 1.29 is 14.7 Å². The van der Waals surface area contributed by atoms with E-state index < -0.39 is 11.4 Å². The van der Waals surface area contributed by atoms with Crippen molar-refractivity contribution in [2.75, 3.05) is 7.05 Å². The van der Waals surface area contributed by atoms with Gasteiger partial charge >= 0.3 is 5.97 Å². The van der Waals surface area contributed by atoms with Crippen LogP contribution in [0.25, 0.3) is 0 Å². The second-order valence-electron chi connectivity index (χ2n) is 5.91. The van der Waals surface area contributed by atoms with Gasteiger partial charge < -0.3 is 10.0 Å². The molecule has 2 aliphatic carbocycles. The summed E-state index contributed by atoms with van der Waals surface area (Å²) >= 11 is 0. The molecule has 0 aliphatic heterocycles. The van der Waals surface area contributed by atoms with Gasteiger partial charge in [-0.25, -0.2) is 0 Å². The summed E-state index contributed by atoms with van der Waals surface area (Å²) < 4.78 is 0. The molecule has 0 aromatic rings. The lowest BCUT2D eigenvalue weighted by molar-refractivity contribution is -0.159. The smallest absolute Gasteiger partial charge is 0.310 e. The minimum absolute atomic E-state index is 0.0176. The Morgan fingerprint density at radius 1 is 1.17 bits per heavy atom. The van der Waals surface area contributed by atoms with Crippen LogP contribution in [0.3, 0.4) is 0 Å². The van der Waals surface area contributed by atoms with Crippen molar-refractivity contribution in [1.82, 2.24) is 4.90 Å². The zero-order valence-electron chi connectivity index (χ0n) is 11.2. The van der Waals surface area contributed by atoms with E-state index in [1.54, 1.807) is 0 Å². The lowest BCUT2D eigenvalue weighted by atomic mass is 9.66. The highest BCUT2D eigenvalue weighted by Crippen LogP contribution is 2.44. The maximum absolute atomic E-state index is 12.2. The minimum Gasteiger partial charge on any atom is -0.481 e. The van der Waals surface area contributed by atoms with E-state index in [-0.39, 0.29) is 12.3 Å². The van der Waals surface area contributed by atoms with Crippen LogP contribution in [-0.2, 0) is 9.59 Å². The van der Waals surface area contributed by atoms with Crippen molar-refractivity contribution in [3.8, 4) is 0 Å². The van der Waals surface area contributed by atoms with Gasteiger partial charge in [0.15, 0.2) is 0 Å². The molecule has 1 amide bonds. The van der Waals surface area contributed by atoms with Gasteiger partial charge in [0.25, 0.3) is 0 Å². The number of hydrogen-bond acceptors (Lipinski definition) is 2. The molecule has 2 rings (SSSR count). The molecule has 0 atom stereocenters. The first kappa shape index (κ1) is 13.4. The first-order valence-electron chi connectivity index (χ1n) is 7.04. The number of amides is 1. The van der Waals surface area contributed by atoms with E-state index in [0.29, 0.717) is 18.9 Å². The van der Waals surface area contributed by atoms with Crippen LogP contribution in [0.5, 0.6) is 0 Å². The average molecular weight is 253 g/mol. The van der Waals surface area contributed by atoms with Crippen LogP contribution in [-0.4, -0.2) is 35.0 Å². The highest BCUT2D eigenvalue weighted by molar-refractivity contribution is 5.85. The summed E-state index contributed by atoms with van der Waals surface area (Å²) in [4.78, 5) is 25.3. The normalized spacial score (nSPS) is 23.2. The first-order valence-corrected chi connectivity index (χ1v) is 7.04. The fourth-order valence-electron chi connectivity index (χ4n) is 3.16. The summed E-state index contributed by atoms with van der Waals surface area (Å²) in [7, 11) is 1.84. The molecular formula is C14H23NO3. The van der Waals surface area contributed by atoms with Crippen molar-refractivity contribution in [3.05, 3.63) is 0 Å². The quantitative estimate of drug-likeness (QED) is 0.837. The number of carbonyl (C=O) groups is 2. The van der Waals surface area contributed by atoms with Crippen molar-refractivity contribution >= 4 is 11.9 Å². The number of rotatable bonds is 4. The van der Waals surface area contributed by atoms with Gasteiger partial charge in [-0.2, -0.15) is 0 Å². The second-order valence-corrected chi connectivity index (χ2v) is 5.91. The van der Waals surface area contributed by atoms with Crippen LogP contribution < -0.4 is 0 Å². The Hall–Kier alpha value is -1.06. The number of hydrogen-bond donors (Lipinski definition) is 1. The van der Waals surface area contributed by atoms with Crippen LogP contribution in [0.1, 0.15) is 57.8 Å². The number of carbonyl (C=O) groups excluding carboxylic acids is 1. The lowest BCUT2D eigenvalue weighted by Gasteiger charge is -2.39. The number of nitrogens with zero attached hydrogens (tertiary/aromatic N) is 1. The molecule has 0 aromatic heterocycles. The van der Waals surface area contributed by atoms with Gasteiger partial charge in [0.05, 0.1) is 5.41 Å². The van der Waals surface area contributed by atoms with Crippen LogP contribution >= 0.6 is 0 Å². The maximum Gasteiger partial charge on any atom is 0.310 e. The van der Waals surface area contributed by atoms with Crippen LogP contribution in [0.15, 0.2) is 0 Å². The van der Waals surface area contributed by atoms with Crippen LogP contribution in [0, 0.1) is 5.41 Å². The third-order valence-corrected chi connectivity index (χ3v) is 4.77. The van der Waals surface area contributed by atoms with Gasteiger partial charge in [-0.15, -0.1) is 0 Å². The molecule has 102 valence electrons. The monoisotopic (exact) mass is 253 g/mol. The van der Waals surface area contributed by atoms with E-state index in [9.17, 15) is 14.7 Å². The predicted molar refractivity (Wildman–Crippen MR) is 68.2 cm³/mol. The van der Waals surface area contributed by atoms with Gasteiger partial charge in [0.1, 0.15) is 0 Å². The van der Waals surface area contributed by atoms with Gasteiger partial charge in [0.2, 0.25) is 5.91 Å². The van der Waals surface area contributed by atoms with E-state index in [2.05, 4.69) is 0 Å². The first-order chi connectivity index (χ1) is 8.55. The highest BCUT2D eigenvalue weighted by atomic mass is 16.4. The molecule has 2 fully saturated rings. The average Bonchev–Trinajstić information content (AvgIpc) is 2.33. The topological polar surface area (TPSA) is 57.6 Å². The molecule has 4 nitrogen and oxygen atoms in total. The van der Waals surface area contributed by atoms with Crippen molar-refractivity contribution in [2.45, 2.75) is 63.8 Å². The van der Waals surface area contributed by atoms with Gasteiger partial charge in [-0.3, -0.25) is 9.59 Å². The summed E-state index contributed by atoms with van der Waals surface area (Å²) in [5.41, 5.74) is -0.750. The molecule has 0 bridgehead atoms. The standard InChI is InChI=1S/C14H23NO3/c1-15(11-6-3-2-4-7-11)12(16)10-14(13(17)18)8-5-9-14/h11H,2-10H2,1H3,(H,17,18). The molecule has 0 radical (unpaired) electrons. The third-order valence-electron chi connectivity index (χ3n) is 4.77. The summed E-state index contributed by atoms with van der Waals surface area (Å²) in [6, 6.07) is 0.331. The SMILES string of the molecule is CN(C(=O)CC1(C(=O)O)CCC1)C1CCCCC1. The molecule has 0 unspecified atom stereocenters. The molecule has 2 saturated carbocycles. The van der Waals surface area contributed by atoms with E-state index in [1.807, 2.05) is 11.9 Å².